The first-order valence-corrected chi connectivity index (χ1v) is 12.7. The lowest BCUT2D eigenvalue weighted by molar-refractivity contribution is -0.180. The quantitative estimate of drug-likeness (QED) is 0.236. The fraction of sp³-hybridized carbons (Fsp3) is 0.233. The average molecular weight is 568 g/mol. The molecular formula is C30H28F3N3O5. The third kappa shape index (κ3) is 6.03. The van der Waals surface area contributed by atoms with Gasteiger partial charge in [-0.05, 0) is 37.6 Å². The summed E-state index contributed by atoms with van der Waals surface area (Å²) in [7, 11) is 2.32. The van der Waals surface area contributed by atoms with Gasteiger partial charge in [0.15, 0.2) is 0 Å². The highest BCUT2D eigenvalue weighted by molar-refractivity contribution is 6.13. The minimum Gasteiger partial charge on any atom is -0.467 e. The second-order valence-electron chi connectivity index (χ2n) is 9.23. The van der Waals surface area contributed by atoms with Crippen molar-refractivity contribution in [2.45, 2.75) is 26.1 Å². The molecule has 3 N–H and O–H groups in total. The minimum atomic E-state index is -5.05. The number of halogens is 3. The lowest BCUT2D eigenvalue weighted by Gasteiger charge is -2.19. The number of anilines is 1. The molecule has 0 saturated heterocycles. The van der Waals surface area contributed by atoms with Gasteiger partial charge in [-0.1, -0.05) is 42.0 Å². The van der Waals surface area contributed by atoms with E-state index in [4.69, 9.17) is 4.42 Å². The van der Waals surface area contributed by atoms with Crippen LogP contribution in [-0.2, 0) is 9.53 Å². The van der Waals surface area contributed by atoms with Crippen molar-refractivity contribution in [3.8, 4) is 22.5 Å². The Morgan fingerprint density at radius 1 is 0.976 bits per heavy atom. The Kier molecular flexibility index (Phi) is 8.36. The number of methoxy groups -OCH3 is 1. The second-order valence-corrected chi connectivity index (χ2v) is 9.23. The van der Waals surface area contributed by atoms with Crippen molar-refractivity contribution in [3.05, 3.63) is 77.4 Å². The predicted molar refractivity (Wildman–Crippen MR) is 149 cm³/mol. The van der Waals surface area contributed by atoms with Gasteiger partial charge >= 0.3 is 12.1 Å². The molecular weight excluding hydrogens is 539 g/mol. The van der Waals surface area contributed by atoms with Gasteiger partial charge in [-0.25, -0.2) is 4.79 Å². The van der Waals surface area contributed by atoms with Crippen LogP contribution in [0.25, 0.3) is 33.4 Å². The van der Waals surface area contributed by atoms with Crippen LogP contribution in [0.1, 0.15) is 33.2 Å². The number of carbonyl (C=O) groups excluding carboxylic acids is 3. The summed E-state index contributed by atoms with van der Waals surface area (Å²) in [5.41, 5.74) is 4.08. The van der Waals surface area contributed by atoms with E-state index in [9.17, 15) is 27.6 Å². The fourth-order valence-corrected chi connectivity index (χ4v) is 4.41. The summed E-state index contributed by atoms with van der Waals surface area (Å²) in [5, 5.41) is 8.11. The number of fused-ring (bicyclic) bond motifs is 1. The van der Waals surface area contributed by atoms with Crippen molar-refractivity contribution in [2.75, 3.05) is 26.0 Å². The van der Waals surface area contributed by atoms with E-state index in [1.165, 1.54) is 25.2 Å². The Bertz CT molecular complexity index is 1610. The summed E-state index contributed by atoms with van der Waals surface area (Å²) in [4.78, 5) is 37.5. The maximum Gasteiger partial charge on any atom is 0.419 e. The second kappa shape index (κ2) is 11.7. The molecule has 0 spiro atoms. The topological polar surface area (TPSA) is 110 Å². The van der Waals surface area contributed by atoms with Gasteiger partial charge < -0.3 is 25.1 Å². The molecule has 2 amide bonds. The number of carbonyl (C=O) groups is 3. The zero-order valence-corrected chi connectivity index (χ0v) is 22.7. The van der Waals surface area contributed by atoms with Crippen molar-refractivity contribution in [1.29, 1.82) is 0 Å². The molecule has 1 heterocycles. The van der Waals surface area contributed by atoms with Crippen LogP contribution in [0.2, 0.25) is 0 Å². The molecule has 4 rings (SSSR count). The molecule has 41 heavy (non-hydrogen) atoms. The first-order chi connectivity index (χ1) is 19.5. The fourth-order valence-electron chi connectivity index (χ4n) is 4.41. The van der Waals surface area contributed by atoms with Gasteiger partial charge in [0.2, 0.25) is 6.04 Å². The molecule has 0 saturated carbocycles. The molecule has 0 aliphatic carbocycles. The molecule has 8 nitrogen and oxygen atoms in total. The number of rotatable bonds is 8. The third-order valence-corrected chi connectivity index (χ3v) is 6.44. The molecule has 1 unspecified atom stereocenters. The normalized spacial score (nSPS) is 12.1. The van der Waals surface area contributed by atoms with E-state index in [2.05, 4.69) is 15.4 Å². The molecule has 11 heteroatoms. The number of hydrogen-bond donors (Lipinski definition) is 3. The highest BCUT2D eigenvalue weighted by Gasteiger charge is 2.47. The molecule has 0 aliphatic heterocycles. The number of amides is 2. The number of ether oxygens (including phenoxy) is 1. The van der Waals surface area contributed by atoms with Crippen molar-refractivity contribution < 1.29 is 36.7 Å². The summed E-state index contributed by atoms with van der Waals surface area (Å²) >= 11 is 0. The summed E-state index contributed by atoms with van der Waals surface area (Å²) in [5.74, 6) is -2.72. The Morgan fingerprint density at radius 2 is 1.68 bits per heavy atom. The van der Waals surface area contributed by atoms with E-state index in [0.29, 0.717) is 51.2 Å². The SMILES string of the molecule is CCNc1cc2oc(-c3ccc(C)cc3)c(C(=O)NC)c2cc1-c1cccc(C(=O)NC(C(=O)OC)C(F)(F)F)c1. The van der Waals surface area contributed by atoms with Crippen LogP contribution in [0.5, 0.6) is 0 Å². The van der Waals surface area contributed by atoms with E-state index in [1.807, 2.05) is 38.1 Å². The van der Waals surface area contributed by atoms with Crippen LogP contribution in [0, 0.1) is 6.92 Å². The predicted octanol–water partition coefficient (Wildman–Crippen LogP) is 5.70. The molecule has 0 aliphatic rings. The van der Waals surface area contributed by atoms with Crippen LogP contribution in [0.3, 0.4) is 0 Å². The molecule has 3 aromatic carbocycles. The smallest absolute Gasteiger partial charge is 0.419 e. The highest BCUT2D eigenvalue weighted by Crippen LogP contribution is 2.40. The van der Waals surface area contributed by atoms with Gasteiger partial charge in [0.1, 0.15) is 11.3 Å². The van der Waals surface area contributed by atoms with Crippen LogP contribution in [0.15, 0.2) is 65.1 Å². The van der Waals surface area contributed by atoms with Crippen molar-refractivity contribution in [1.82, 2.24) is 10.6 Å². The van der Waals surface area contributed by atoms with E-state index in [-0.39, 0.29) is 11.5 Å². The average Bonchev–Trinajstić information content (AvgIpc) is 3.32. The van der Waals surface area contributed by atoms with Gasteiger partial charge in [0, 0.05) is 47.4 Å². The summed E-state index contributed by atoms with van der Waals surface area (Å²) in [6.07, 6.45) is -5.05. The molecule has 1 aromatic heterocycles. The van der Waals surface area contributed by atoms with E-state index in [0.717, 1.165) is 12.7 Å². The first kappa shape index (κ1) is 29.2. The number of furan rings is 1. The molecule has 1 atom stereocenters. The third-order valence-electron chi connectivity index (χ3n) is 6.44. The van der Waals surface area contributed by atoms with Gasteiger partial charge in [-0.3, -0.25) is 9.59 Å². The van der Waals surface area contributed by atoms with Crippen LogP contribution in [-0.4, -0.2) is 50.7 Å². The number of esters is 1. The lowest BCUT2D eigenvalue weighted by Crippen LogP contribution is -2.51. The Balaban J connectivity index is 1.84. The first-order valence-electron chi connectivity index (χ1n) is 12.7. The summed E-state index contributed by atoms with van der Waals surface area (Å²) in [6.45, 7) is 4.36. The highest BCUT2D eigenvalue weighted by atomic mass is 19.4. The van der Waals surface area contributed by atoms with Crippen LogP contribution in [0.4, 0.5) is 18.9 Å². The standard InChI is InChI=1S/C30H28F3N3O5/c1-5-35-22-15-23-21(24(28(38)34-3)25(41-23)17-11-9-16(2)10-12-17)14-20(22)18-7-6-8-19(13-18)27(37)36-26(29(39)40-4)30(31,32)33/h6-15,26,35H,5H2,1-4H3,(H,34,38)(H,36,37). The van der Waals surface area contributed by atoms with Crippen molar-refractivity contribution in [2.24, 2.45) is 0 Å². The Morgan fingerprint density at radius 3 is 2.29 bits per heavy atom. The Labute approximate surface area is 233 Å². The molecule has 0 radical (unpaired) electrons. The molecule has 4 aromatic rings. The van der Waals surface area contributed by atoms with Crippen LogP contribution < -0.4 is 16.0 Å². The van der Waals surface area contributed by atoms with E-state index in [1.54, 1.807) is 23.5 Å². The number of hydrogen-bond acceptors (Lipinski definition) is 6. The zero-order chi connectivity index (χ0) is 29.9. The maximum absolute atomic E-state index is 13.4. The monoisotopic (exact) mass is 567 g/mol. The van der Waals surface area contributed by atoms with Crippen molar-refractivity contribution in [3.63, 3.8) is 0 Å². The summed E-state index contributed by atoms with van der Waals surface area (Å²) < 4.78 is 50.5. The number of aryl methyl sites for hydroxylation is 1. The van der Waals surface area contributed by atoms with E-state index < -0.39 is 24.1 Å². The number of nitrogens with one attached hydrogen (secondary N) is 3. The molecule has 214 valence electrons. The Hall–Kier alpha value is -4.80. The number of alkyl halides is 3. The van der Waals surface area contributed by atoms with Gasteiger partial charge in [0.25, 0.3) is 11.8 Å². The maximum atomic E-state index is 13.4. The van der Waals surface area contributed by atoms with Crippen LogP contribution >= 0.6 is 0 Å². The molecule has 0 fully saturated rings. The van der Waals surface area contributed by atoms with Gasteiger partial charge in [-0.15, -0.1) is 0 Å². The minimum absolute atomic E-state index is 0.109. The van der Waals surface area contributed by atoms with Crippen molar-refractivity contribution >= 4 is 34.4 Å². The summed E-state index contributed by atoms with van der Waals surface area (Å²) in [6, 6.07) is 14.1. The van der Waals surface area contributed by atoms with Gasteiger partial charge in [-0.2, -0.15) is 13.2 Å². The largest absolute Gasteiger partial charge is 0.467 e. The molecule has 0 bridgehead atoms. The van der Waals surface area contributed by atoms with Gasteiger partial charge in [0.05, 0.1) is 12.7 Å². The lowest BCUT2D eigenvalue weighted by atomic mass is 9.97. The zero-order valence-electron chi connectivity index (χ0n) is 22.7. The number of benzene rings is 3. The van der Waals surface area contributed by atoms with E-state index >= 15 is 0 Å².